The highest BCUT2D eigenvalue weighted by atomic mass is 32.2. The van der Waals surface area contributed by atoms with Crippen molar-refractivity contribution in [1.82, 2.24) is 5.32 Å². The number of nitrogens with zero attached hydrogens (tertiary/aromatic N) is 3. The minimum absolute atomic E-state index is 0.0121. The minimum Gasteiger partial charge on any atom is -0.744 e. The lowest BCUT2D eigenvalue weighted by Gasteiger charge is -2.29. The highest BCUT2D eigenvalue weighted by Crippen LogP contribution is 2.51. The van der Waals surface area contributed by atoms with Crippen LogP contribution in [0, 0.1) is 11.8 Å². The Morgan fingerprint density at radius 3 is 2.03 bits per heavy atom. The van der Waals surface area contributed by atoms with Crippen LogP contribution in [-0.2, 0) is 73.9 Å². The van der Waals surface area contributed by atoms with Gasteiger partial charge in [-0.2, -0.15) is 29.8 Å². The number of para-hydroxylation sites is 1. The largest absolute Gasteiger partial charge is 0.744 e. The summed E-state index contributed by atoms with van der Waals surface area (Å²) in [5.41, 5.74) is 9.60. The Labute approximate surface area is 510 Å². The van der Waals surface area contributed by atoms with Crippen molar-refractivity contribution >= 4 is 80.6 Å². The number of unbranched alkanes of at least 4 members (excludes halogenated alkanes) is 1. The Morgan fingerprint density at radius 1 is 0.701 bits per heavy atom. The molecule has 2 amide bonds. The molecule has 87 heavy (non-hydrogen) atoms. The third-order valence-corrected chi connectivity index (χ3v) is 20.4. The zero-order valence-electron chi connectivity index (χ0n) is 48.8. The van der Waals surface area contributed by atoms with Crippen LogP contribution in [0.4, 0.5) is 17.1 Å². The molecule has 2 atom stereocenters. The molecule has 3 heterocycles. The molecule has 4 aliphatic rings. The normalized spacial score (nSPS) is 19.6. The lowest BCUT2D eigenvalue weighted by Crippen LogP contribution is -2.35. The number of allylic oxidation sites excluding steroid dienone is 8. The first-order chi connectivity index (χ1) is 41.0. The fraction of sp³-hybridized carbons (Fsp3) is 0.338. The topological polar surface area (TPSA) is 276 Å². The summed E-state index contributed by atoms with van der Waals surface area (Å²) in [7, 11) is -14.6. The van der Waals surface area contributed by atoms with E-state index in [4.69, 9.17) is 0 Å². The maximum Gasteiger partial charge on any atom is 0.294 e. The Kier molecular flexibility index (Phi) is 19.0. The number of carbonyl (C=O) groups is 2. The van der Waals surface area contributed by atoms with Crippen molar-refractivity contribution in [3.8, 4) is 11.8 Å². The lowest BCUT2D eigenvalue weighted by molar-refractivity contribution is -0.401. The second-order valence-corrected chi connectivity index (χ2v) is 28.9. The predicted molar refractivity (Wildman–Crippen MR) is 334 cm³/mol. The van der Waals surface area contributed by atoms with Crippen LogP contribution < -0.4 is 15.1 Å². The van der Waals surface area contributed by atoms with E-state index < -0.39 is 67.7 Å². The summed E-state index contributed by atoms with van der Waals surface area (Å²) in [6.45, 7) is 4.24. The van der Waals surface area contributed by atoms with Gasteiger partial charge in [-0.05, 0) is 172 Å². The van der Waals surface area contributed by atoms with Gasteiger partial charge in [0.1, 0.15) is 17.2 Å². The number of amides is 2. The maximum absolute atomic E-state index is 13.7. The van der Waals surface area contributed by atoms with E-state index in [1.165, 1.54) is 24.3 Å². The van der Waals surface area contributed by atoms with E-state index in [0.29, 0.717) is 79.0 Å². The van der Waals surface area contributed by atoms with E-state index in [1.807, 2.05) is 127 Å². The number of fused-ring (bicyclic) bond motifs is 4. The van der Waals surface area contributed by atoms with Crippen molar-refractivity contribution in [2.75, 3.05) is 41.9 Å². The molecule has 18 nitrogen and oxygen atoms in total. The molecule has 0 spiro atoms. The Morgan fingerprint density at radius 2 is 1.34 bits per heavy atom. The SMILES string of the molecule is CN1/C(=C/C=C2\CCCC(/C=C/C3=[N+](C)c4ccc(S(=O)(=O)[O-])cc4C3(C)CCCS(=O)(=O)O)=C2c2ccc(CCCCC(=O)NCCC(=O)N3Cc4ccccc4C#Cc4ccccc43)cc2)C(C)(CCCS(=O)(=O)O)c2cc(S(=O)(=O)O)ccc21. The van der Waals surface area contributed by atoms with Gasteiger partial charge in [0.15, 0.2) is 5.71 Å². The van der Waals surface area contributed by atoms with Gasteiger partial charge < -0.3 is 19.7 Å². The van der Waals surface area contributed by atoms with Crippen molar-refractivity contribution in [2.24, 2.45) is 0 Å². The average Bonchev–Trinajstić information content (AvgIpc) is 1.62. The first-order valence-corrected chi connectivity index (χ1v) is 34.8. The Balaban J connectivity index is 0.981. The smallest absolute Gasteiger partial charge is 0.294 e. The number of hydrogen-bond acceptors (Lipinski definition) is 12. The number of rotatable bonds is 22. The molecule has 0 saturated heterocycles. The van der Waals surface area contributed by atoms with Crippen LogP contribution in [0.1, 0.15) is 123 Å². The van der Waals surface area contributed by atoms with Gasteiger partial charge in [0.2, 0.25) is 17.5 Å². The quantitative estimate of drug-likeness (QED) is 0.0217. The van der Waals surface area contributed by atoms with E-state index >= 15 is 0 Å². The summed E-state index contributed by atoms with van der Waals surface area (Å²) in [4.78, 5) is 29.7. The molecular formula is C65H70N4O14S4. The first-order valence-electron chi connectivity index (χ1n) is 28.7. The predicted octanol–water partition coefficient (Wildman–Crippen LogP) is 9.74. The molecule has 1 aliphatic carbocycles. The van der Waals surface area contributed by atoms with Crippen molar-refractivity contribution < 1.29 is 66.0 Å². The number of anilines is 2. The fourth-order valence-electron chi connectivity index (χ4n) is 12.6. The summed E-state index contributed by atoms with van der Waals surface area (Å²) in [6, 6.07) is 31.8. The second kappa shape index (κ2) is 25.8. The molecule has 22 heteroatoms. The molecule has 2 unspecified atom stereocenters. The Hall–Kier alpha value is -7.33. The number of nitrogens with one attached hydrogen (secondary N) is 1. The third kappa shape index (κ3) is 14.8. The second-order valence-electron chi connectivity index (χ2n) is 23.0. The molecule has 5 aromatic carbocycles. The highest BCUT2D eigenvalue weighted by molar-refractivity contribution is 7.86. The van der Waals surface area contributed by atoms with Crippen molar-refractivity contribution in [1.29, 1.82) is 0 Å². The van der Waals surface area contributed by atoms with E-state index in [2.05, 4.69) is 17.2 Å². The Bertz CT molecular complexity index is 4270. The van der Waals surface area contributed by atoms with Gasteiger partial charge in [0.05, 0.1) is 38.9 Å². The number of aryl methyl sites for hydroxylation is 1. The standard InChI is InChI=1S/C65H70N4O14S4/c1-64(37-12-40-84(72,73)74)54-42-52(86(78,79)80)30-32-57(54)67(3)59(64)34-28-48-18-11-19-49(29-35-60-65(2,38-13-41-85(75,76)77)55-43-53(87(81,82)83)31-33-58(55)68(60)4)63(48)50-24-22-45(23-25-50)14-5-10-21-61(70)66-39-36-62(71)69-44-51-17-7-6-15-46(51)26-27-47-16-8-9-20-56(47)69/h6-9,15-17,20,22-25,28-35,42-43H,5,10-14,18-19,21,36-41,44H2,1-4H3,(H4-,66,70,72,73,74,75,76,77,78,79,80,81,82,83). The van der Waals surface area contributed by atoms with Crippen LogP contribution in [0.15, 0.2) is 160 Å². The summed E-state index contributed by atoms with van der Waals surface area (Å²) < 4.78 is 141. The summed E-state index contributed by atoms with van der Waals surface area (Å²) in [6.07, 6.45) is 12.5. The van der Waals surface area contributed by atoms with Gasteiger partial charge in [-0.15, -0.1) is 0 Å². The lowest BCUT2D eigenvalue weighted by atomic mass is 9.75. The summed E-state index contributed by atoms with van der Waals surface area (Å²) in [5, 5.41) is 2.93. The van der Waals surface area contributed by atoms with Crippen LogP contribution in [-0.4, -0.2) is 106 Å². The average molecular weight is 1260 g/mol. The van der Waals surface area contributed by atoms with Gasteiger partial charge in [-0.3, -0.25) is 23.2 Å². The number of likely N-dealkylation sites (N-methyl/N-ethyl adjacent to an activating group) is 1. The highest BCUT2D eigenvalue weighted by Gasteiger charge is 2.47. The molecule has 4 N–H and O–H groups in total. The zero-order chi connectivity index (χ0) is 62.7. The molecule has 5 aromatic rings. The molecule has 0 fully saturated rings. The van der Waals surface area contributed by atoms with Crippen molar-refractivity contribution in [2.45, 2.75) is 118 Å². The van der Waals surface area contributed by atoms with Crippen molar-refractivity contribution in [3.63, 3.8) is 0 Å². The number of benzene rings is 5. The number of carbonyl (C=O) groups excluding carboxylic acids is 2. The van der Waals surface area contributed by atoms with Gasteiger partial charge in [0.25, 0.3) is 30.4 Å². The minimum atomic E-state index is -4.87. The molecule has 0 radical (unpaired) electrons. The molecule has 0 saturated carbocycles. The third-order valence-electron chi connectivity index (χ3n) is 17.1. The van der Waals surface area contributed by atoms with Gasteiger partial charge in [0, 0.05) is 72.1 Å². The van der Waals surface area contributed by atoms with Crippen LogP contribution in [0.2, 0.25) is 0 Å². The van der Waals surface area contributed by atoms with Crippen molar-refractivity contribution in [3.05, 3.63) is 189 Å². The monoisotopic (exact) mass is 1260 g/mol. The van der Waals surface area contributed by atoms with Crippen LogP contribution in [0.5, 0.6) is 0 Å². The van der Waals surface area contributed by atoms with E-state index in [0.717, 1.165) is 50.2 Å². The molecule has 0 bridgehead atoms. The molecule has 9 rings (SSSR count). The van der Waals surface area contributed by atoms with Gasteiger partial charge in [-0.1, -0.05) is 78.6 Å². The zero-order valence-corrected chi connectivity index (χ0v) is 52.1. The van der Waals surface area contributed by atoms with Crippen LogP contribution in [0.25, 0.3) is 5.57 Å². The molecule has 458 valence electrons. The number of hydrogen-bond donors (Lipinski definition) is 4. The molecule has 0 aromatic heterocycles. The molecule has 3 aliphatic heterocycles. The van der Waals surface area contributed by atoms with E-state index in [1.54, 1.807) is 24.1 Å². The first kappa shape index (κ1) is 64.2. The van der Waals surface area contributed by atoms with Crippen LogP contribution in [0.3, 0.4) is 0 Å². The fourth-order valence-corrected chi connectivity index (χ4v) is 14.6. The van der Waals surface area contributed by atoms with E-state index in [9.17, 15) is 61.5 Å². The van der Waals surface area contributed by atoms with Crippen LogP contribution >= 0.6 is 0 Å². The summed E-state index contributed by atoms with van der Waals surface area (Å²) >= 11 is 0. The summed E-state index contributed by atoms with van der Waals surface area (Å²) in [5.74, 6) is 5.07. The van der Waals surface area contributed by atoms with E-state index in [-0.39, 0.29) is 61.8 Å². The molecular weight excluding hydrogens is 1190 g/mol. The van der Waals surface area contributed by atoms with Gasteiger partial charge in [-0.25, -0.2) is 8.42 Å². The maximum atomic E-state index is 13.7. The van der Waals surface area contributed by atoms with Gasteiger partial charge >= 0.3 is 0 Å².